The number of amides is 1. The van der Waals surface area contributed by atoms with E-state index in [9.17, 15) is 9.59 Å². The van der Waals surface area contributed by atoms with Gasteiger partial charge in [0.15, 0.2) is 6.10 Å². The van der Waals surface area contributed by atoms with Crippen LogP contribution in [0.25, 0.3) is 10.9 Å². The third kappa shape index (κ3) is 4.68. The number of ether oxygens (including phenoxy) is 2. The Morgan fingerprint density at radius 2 is 1.88 bits per heavy atom. The zero-order valence-corrected chi connectivity index (χ0v) is 15.5. The van der Waals surface area contributed by atoms with E-state index in [1.54, 1.807) is 39.2 Å². The van der Waals surface area contributed by atoms with Gasteiger partial charge in [0.25, 0.3) is 5.91 Å². The normalized spacial score (nSPS) is 12.6. The largest absolute Gasteiger partial charge is 0.497 e. The molecule has 134 valence electrons. The van der Waals surface area contributed by atoms with E-state index in [0.29, 0.717) is 17.0 Å². The number of aromatic nitrogens is 1. The molecule has 6 nitrogen and oxygen atoms in total. The SMILES string of the molecule is COc1ccc2cc(C(=O)O[C@H](C)C(=O)NC(C)(C)C)c(C)nc2c1. The van der Waals surface area contributed by atoms with Crippen LogP contribution in [0.2, 0.25) is 0 Å². The van der Waals surface area contributed by atoms with E-state index < -0.39 is 17.6 Å². The fraction of sp³-hybridized carbons (Fsp3) is 0.421. The number of methoxy groups -OCH3 is 1. The van der Waals surface area contributed by atoms with Gasteiger partial charge in [0, 0.05) is 17.0 Å². The van der Waals surface area contributed by atoms with Gasteiger partial charge in [-0.25, -0.2) is 4.79 Å². The number of benzene rings is 1. The van der Waals surface area contributed by atoms with Crippen LogP contribution in [0.1, 0.15) is 43.7 Å². The average molecular weight is 344 g/mol. The van der Waals surface area contributed by atoms with Crippen LogP contribution in [0, 0.1) is 6.92 Å². The van der Waals surface area contributed by atoms with Crippen molar-refractivity contribution in [1.29, 1.82) is 0 Å². The number of nitrogens with one attached hydrogen (secondary N) is 1. The molecule has 1 aromatic heterocycles. The van der Waals surface area contributed by atoms with Crippen LogP contribution < -0.4 is 10.1 Å². The van der Waals surface area contributed by atoms with Gasteiger partial charge < -0.3 is 14.8 Å². The molecule has 0 fully saturated rings. The lowest BCUT2D eigenvalue weighted by atomic mass is 10.1. The Morgan fingerprint density at radius 3 is 2.48 bits per heavy atom. The second-order valence-corrected chi connectivity index (χ2v) is 6.97. The monoisotopic (exact) mass is 344 g/mol. The molecule has 25 heavy (non-hydrogen) atoms. The van der Waals surface area contributed by atoms with Crippen molar-refractivity contribution >= 4 is 22.8 Å². The van der Waals surface area contributed by atoms with Gasteiger partial charge in [-0.3, -0.25) is 9.78 Å². The van der Waals surface area contributed by atoms with E-state index >= 15 is 0 Å². The smallest absolute Gasteiger partial charge is 0.340 e. The second kappa shape index (κ2) is 7.09. The Morgan fingerprint density at radius 1 is 1.20 bits per heavy atom. The summed E-state index contributed by atoms with van der Waals surface area (Å²) in [5.41, 5.74) is 1.21. The summed E-state index contributed by atoms with van der Waals surface area (Å²) in [5, 5.41) is 3.58. The standard InChI is InChI=1S/C19H24N2O4/c1-11-15(9-13-7-8-14(24-6)10-16(13)20-11)18(23)25-12(2)17(22)21-19(3,4)5/h7-10,12H,1-6H3,(H,21,22)/t12-/m1/s1. The van der Waals surface area contributed by atoms with Crippen LogP contribution in [0.5, 0.6) is 5.75 Å². The molecule has 0 radical (unpaired) electrons. The van der Waals surface area contributed by atoms with Crippen LogP contribution in [-0.4, -0.2) is 35.6 Å². The quantitative estimate of drug-likeness (QED) is 0.863. The molecule has 0 aliphatic carbocycles. The third-order valence-electron chi connectivity index (χ3n) is 3.59. The molecule has 1 amide bonds. The first-order valence-corrected chi connectivity index (χ1v) is 8.09. The minimum absolute atomic E-state index is 0.336. The maximum absolute atomic E-state index is 12.4. The number of esters is 1. The fourth-order valence-electron chi connectivity index (χ4n) is 2.33. The van der Waals surface area contributed by atoms with Crippen LogP contribution >= 0.6 is 0 Å². The van der Waals surface area contributed by atoms with E-state index in [1.165, 1.54) is 0 Å². The molecule has 0 unspecified atom stereocenters. The highest BCUT2D eigenvalue weighted by molar-refractivity contribution is 5.96. The van der Waals surface area contributed by atoms with Gasteiger partial charge in [0.05, 0.1) is 23.9 Å². The summed E-state index contributed by atoms with van der Waals surface area (Å²) in [7, 11) is 1.59. The molecule has 0 bridgehead atoms. The maximum Gasteiger partial charge on any atom is 0.340 e. The van der Waals surface area contributed by atoms with Crippen molar-refractivity contribution in [2.24, 2.45) is 0 Å². The molecule has 0 aliphatic rings. The molecule has 6 heteroatoms. The molecule has 1 aromatic carbocycles. The molecule has 0 spiro atoms. The molecule has 1 atom stereocenters. The number of nitrogens with zero attached hydrogens (tertiary/aromatic N) is 1. The summed E-state index contributed by atoms with van der Waals surface area (Å²) in [6, 6.07) is 7.14. The molecule has 1 heterocycles. The number of carbonyl (C=O) groups is 2. The van der Waals surface area contributed by atoms with Gasteiger partial charge in [-0.05, 0) is 52.8 Å². The first kappa shape index (κ1) is 18.7. The highest BCUT2D eigenvalue weighted by Gasteiger charge is 2.24. The predicted octanol–water partition coefficient (Wildman–Crippen LogP) is 3.01. The minimum atomic E-state index is -0.891. The lowest BCUT2D eigenvalue weighted by Crippen LogP contribution is -2.46. The summed E-state index contributed by atoms with van der Waals surface area (Å²) in [6.45, 7) is 8.88. The topological polar surface area (TPSA) is 77.5 Å². The highest BCUT2D eigenvalue weighted by atomic mass is 16.5. The molecule has 0 saturated heterocycles. The molecule has 2 rings (SSSR count). The maximum atomic E-state index is 12.4. The lowest BCUT2D eigenvalue weighted by Gasteiger charge is -2.23. The number of carbonyl (C=O) groups excluding carboxylic acids is 2. The lowest BCUT2D eigenvalue weighted by molar-refractivity contribution is -0.130. The van der Waals surface area contributed by atoms with E-state index in [0.717, 1.165) is 10.9 Å². The number of fused-ring (bicyclic) bond motifs is 1. The zero-order chi connectivity index (χ0) is 18.8. The Balaban J connectivity index is 2.21. The first-order valence-electron chi connectivity index (χ1n) is 8.09. The van der Waals surface area contributed by atoms with Crippen LogP contribution in [0.15, 0.2) is 24.3 Å². The van der Waals surface area contributed by atoms with Gasteiger partial charge in [0.1, 0.15) is 5.75 Å². The number of pyridine rings is 1. The average Bonchev–Trinajstić information content (AvgIpc) is 2.51. The fourth-order valence-corrected chi connectivity index (χ4v) is 2.33. The van der Waals surface area contributed by atoms with Gasteiger partial charge in [0.2, 0.25) is 0 Å². The van der Waals surface area contributed by atoms with Crippen LogP contribution in [0.3, 0.4) is 0 Å². The van der Waals surface area contributed by atoms with Crippen molar-refractivity contribution in [1.82, 2.24) is 10.3 Å². The summed E-state index contributed by atoms with van der Waals surface area (Å²) >= 11 is 0. The summed E-state index contributed by atoms with van der Waals surface area (Å²) in [5.74, 6) is -0.210. The van der Waals surface area contributed by atoms with Crippen molar-refractivity contribution in [3.8, 4) is 5.75 Å². The third-order valence-corrected chi connectivity index (χ3v) is 3.59. The molecule has 0 saturated carbocycles. The van der Waals surface area contributed by atoms with E-state index in [2.05, 4.69) is 10.3 Å². The van der Waals surface area contributed by atoms with Crippen molar-refractivity contribution < 1.29 is 19.1 Å². The number of rotatable bonds is 4. The Bertz CT molecular complexity index is 809. The summed E-state index contributed by atoms with van der Waals surface area (Å²) < 4.78 is 10.5. The summed E-state index contributed by atoms with van der Waals surface area (Å²) in [4.78, 5) is 29.0. The predicted molar refractivity (Wildman–Crippen MR) is 95.8 cm³/mol. The Labute approximate surface area is 147 Å². The van der Waals surface area contributed by atoms with Gasteiger partial charge in [-0.1, -0.05) is 0 Å². The highest BCUT2D eigenvalue weighted by Crippen LogP contribution is 2.22. The summed E-state index contributed by atoms with van der Waals surface area (Å²) in [6.07, 6.45) is -0.891. The Hall–Kier alpha value is -2.63. The van der Waals surface area contributed by atoms with E-state index in [4.69, 9.17) is 9.47 Å². The van der Waals surface area contributed by atoms with E-state index in [1.807, 2.05) is 26.8 Å². The van der Waals surface area contributed by atoms with Crippen LogP contribution in [0.4, 0.5) is 0 Å². The van der Waals surface area contributed by atoms with Gasteiger partial charge in [-0.2, -0.15) is 0 Å². The number of aryl methyl sites for hydroxylation is 1. The minimum Gasteiger partial charge on any atom is -0.497 e. The number of hydrogen-bond donors (Lipinski definition) is 1. The molecular weight excluding hydrogens is 320 g/mol. The molecule has 0 aliphatic heterocycles. The molecule has 2 aromatic rings. The van der Waals surface area contributed by atoms with Gasteiger partial charge >= 0.3 is 5.97 Å². The molecule has 1 N–H and O–H groups in total. The van der Waals surface area contributed by atoms with Crippen molar-refractivity contribution in [2.75, 3.05) is 7.11 Å². The van der Waals surface area contributed by atoms with Crippen molar-refractivity contribution in [3.05, 3.63) is 35.5 Å². The Kier molecular flexibility index (Phi) is 5.30. The zero-order valence-electron chi connectivity index (χ0n) is 15.5. The first-order chi connectivity index (χ1) is 11.6. The van der Waals surface area contributed by atoms with Gasteiger partial charge in [-0.15, -0.1) is 0 Å². The number of hydrogen-bond acceptors (Lipinski definition) is 5. The van der Waals surface area contributed by atoms with Crippen molar-refractivity contribution in [3.63, 3.8) is 0 Å². The second-order valence-electron chi connectivity index (χ2n) is 6.97. The van der Waals surface area contributed by atoms with E-state index in [-0.39, 0.29) is 5.91 Å². The van der Waals surface area contributed by atoms with Crippen molar-refractivity contribution in [2.45, 2.75) is 46.3 Å². The van der Waals surface area contributed by atoms with Crippen LogP contribution in [-0.2, 0) is 9.53 Å². The molecular formula is C19H24N2O4.